The van der Waals surface area contributed by atoms with E-state index in [2.05, 4.69) is 10.3 Å². The van der Waals surface area contributed by atoms with E-state index in [1.54, 1.807) is 11.0 Å². The number of H-pyrrole nitrogens is 1. The number of aromatic nitrogens is 1. The van der Waals surface area contributed by atoms with Crippen LogP contribution in [-0.2, 0) is 11.3 Å². The van der Waals surface area contributed by atoms with E-state index in [-0.39, 0.29) is 31.6 Å². The Hall–Kier alpha value is -2.36. The molecule has 0 amide bonds. The summed E-state index contributed by atoms with van der Waals surface area (Å²) < 4.78 is 16.4. The minimum Gasteiger partial charge on any atom is -0.454 e. The van der Waals surface area contributed by atoms with Crippen LogP contribution in [-0.4, -0.2) is 59.3 Å². The first kappa shape index (κ1) is 19.0. The van der Waals surface area contributed by atoms with Gasteiger partial charge in [-0.15, -0.1) is 0 Å². The van der Waals surface area contributed by atoms with E-state index in [1.165, 1.54) is 0 Å². The third-order valence-electron chi connectivity index (χ3n) is 4.94. The fourth-order valence-electron chi connectivity index (χ4n) is 3.46. The van der Waals surface area contributed by atoms with Crippen molar-refractivity contribution in [2.45, 2.75) is 25.5 Å². The third kappa shape index (κ3) is 4.06. The van der Waals surface area contributed by atoms with Gasteiger partial charge in [0, 0.05) is 36.7 Å². The normalized spacial score (nSPS) is 17.8. The number of ether oxygens (including phenoxy) is 3. The lowest BCUT2D eigenvalue weighted by Crippen LogP contribution is -2.44. The van der Waals surface area contributed by atoms with Crippen molar-refractivity contribution in [3.8, 4) is 11.5 Å². The number of aliphatic hydroxyl groups excluding tert-OH is 1. The number of thiocarbonyl (C=S) groups is 1. The van der Waals surface area contributed by atoms with Gasteiger partial charge in [0.25, 0.3) is 5.56 Å². The number of pyridine rings is 1. The van der Waals surface area contributed by atoms with E-state index in [1.807, 2.05) is 12.1 Å². The van der Waals surface area contributed by atoms with Crippen LogP contribution in [0.5, 0.6) is 11.5 Å². The lowest BCUT2D eigenvalue weighted by atomic mass is 10.1. The molecule has 0 radical (unpaired) electrons. The Kier molecular flexibility index (Phi) is 5.65. The van der Waals surface area contributed by atoms with E-state index >= 15 is 0 Å². The SMILES string of the molecule is O=c1[nH]c2cc3c(cc2cc1CN(CCO)C(=S)NC[C@H]1CCCO1)OCO3. The monoisotopic (exact) mass is 405 g/mol. The lowest BCUT2D eigenvalue weighted by molar-refractivity contribution is 0.113. The Bertz CT molecular complexity index is 926. The lowest BCUT2D eigenvalue weighted by Gasteiger charge is -2.26. The molecule has 1 aromatic carbocycles. The van der Waals surface area contributed by atoms with Gasteiger partial charge in [-0.1, -0.05) is 0 Å². The van der Waals surface area contributed by atoms with Crippen LogP contribution in [0.2, 0.25) is 0 Å². The molecule has 8 nitrogen and oxygen atoms in total. The van der Waals surface area contributed by atoms with Gasteiger partial charge < -0.3 is 34.5 Å². The molecule has 1 atom stereocenters. The Balaban J connectivity index is 1.51. The average molecular weight is 405 g/mol. The molecule has 4 rings (SSSR count). The van der Waals surface area contributed by atoms with Gasteiger partial charge >= 0.3 is 0 Å². The molecule has 0 bridgehead atoms. The van der Waals surface area contributed by atoms with Crippen molar-refractivity contribution in [3.63, 3.8) is 0 Å². The van der Waals surface area contributed by atoms with E-state index in [0.29, 0.717) is 40.8 Å². The molecule has 0 aliphatic carbocycles. The molecule has 3 heterocycles. The van der Waals surface area contributed by atoms with E-state index in [9.17, 15) is 9.90 Å². The van der Waals surface area contributed by atoms with Crippen molar-refractivity contribution in [1.82, 2.24) is 15.2 Å². The van der Waals surface area contributed by atoms with Crippen molar-refractivity contribution in [1.29, 1.82) is 0 Å². The van der Waals surface area contributed by atoms with Crippen molar-refractivity contribution in [2.24, 2.45) is 0 Å². The zero-order chi connectivity index (χ0) is 19.5. The van der Waals surface area contributed by atoms with Gasteiger partial charge in [0.2, 0.25) is 6.79 Å². The molecule has 2 aliphatic heterocycles. The summed E-state index contributed by atoms with van der Waals surface area (Å²) in [6.07, 6.45) is 2.22. The summed E-state index contributed by atoms with van der Waals surface area (Å²) in [5.74, 6) is 1.28. The molecule has 2 aliphatic rings. The van der Waals surface area contributed by atoms with Crippen molar-refractivity contribution in [3.05, 3.63) is 34.1 Å². The number of hydrogen-bond donors (Lipinski definition) is 3. The molecular weight excluding hydrogens is 382 g/mol. The van der Waals surface area contributed by atoms with E-state index in [4.69, 9.17) is 26.4 Å². The van der Waals surface area contributed by atoms with Crippen LogP contribution in [0.3, 0.4) is 0 Å². The van der Waals surface area contributed by atoms with Crippen LogP contribution in [0.15, 0.2) is 23.0 Å². The highest BCUT2D eigenvalue weighted by atomic mass is 32.1. The van der Waals surface area contributed by atoms with Gasteiger partial charge in [-0.25, -0.2) is 0 Å². The molecule has 1 saturated heterocycles. The molecule has 9 heteroatoms. The maximum atomic E-state index is 12.6. The third-order valence-corrected chi connectivity index (χ3v) is 5.34. The molecule has 3 N–H and O–H groups in total. The highest BCUT2D eigenvalue weighted by molar-refractivity contribution is 7.80. The van der Waals surface area contributed by atoms with Gasteiger partial charge in [0.05, 0.1) is 24.8 Å². The second kappa shape index (κ2) is 8.34. The molecule has 0 saturated carbocycles. The predicted octanol–water partition coefficient (Wildman–Crippen LogP) is 1.10. The Morgan fingerprint density at radius 2 is 2.14 bits per heavy atom. The quantitative estimate of drug-likeness (QED) is 0.615. The number of hydrogen-bond acceptors (Lipinski definition) is 6. The van der Waals surface area contributed by atoms with Gasteiger partial charge in [-0.05, 0) is 37.2 Å². The minimum absolute atomic E-state index is 0.0636. The topological polar surface area (TPSA) is 96.1 Å². The maximum Gasteiger partial charge on any atom is 0.253 e. The van der Waals surface area contributed by atoms with Crippen LogP contribution in [0.1, 0.15) is 18.4 Å². The average Bonchev–Trinajstić information content (AvgIpc) is 3.36. The highest BCUT2D eigenvalue weighted by Crippen LogP contribution is 2.35. The molecule has 0 unspecified atom stereocenters. The maximum absolute atomic E-state index is 12.6. The predicted molar refractivity (Wildman–Crippen MR) is 108 cm³/mol. The highest BCUT2D eigenvalue weighted by Gasteiger charge is 2.19. The minimum atomic E-state index is -0.198. The second-order valence-electron chi connectivity index (χ2n) is 6.88. The molecular formula is C19H23N3O5S. The molecule has 2 aromatic rings. The summed E-state index contributed by atoms with van der Waals surface area (Å²) in [6.45, 7) is 2.14. The van der Waals surface area contributed by atoms with Crippen LogP contribution in [0.25, 0.3) is 10.9 Å². The van der Waals surface area contributed by atoms with Gasteiger partial charge in [-0.2, -0.15) is 0 Å². The number of nitrogens with one attached hydrogen (secondary N) is 2. The summed E-state index contributed by atoms with van der Waals surface area (Å²) in [6, 6.07) is 5.44. The zero-order valence-corrected chi connectivity index (χ0v) is 16.2. The number of fused-ring (bicyclic) bond motifs is 2. The molecule has 150 valence electrons. The smallest absolute Gasteiger partial charge is 0.253 e. The van der Waals surface area contributed by atoms with Crippen LogP contribution in [0, 0.1) is 0 Å². The van der Waals surface area contributed by atoms with Gasteiger partial charge in [0.15, 0.2) is 16.6 Å². The van der Waals surface area contributed by atoms with Crippen LogP contribution in [0.4, 0.5) is 0 Å². The summed E-state index contributed by atoms with van der Waals surface area (Å²) in [5.41, 5.74) is 1.04. The number of aliphatic hydroxyl groups is 1. The molecule has 1 fully saturated rings. The number of aromatic amines is 1. The zero-order valence-electron chi connectivity index (χ0n) is 15.4. The second-order valence-corrected chi connectivity index (χ2v) is 7.27. The first-order valence-electron chi connectivity index (χ1n) is 9.35. The number of benzene rings is 1. The summed E-state index contributed by atoms with van der Waals surface area (Å²) >= 11 is 5.48. The van der Waals surface area contributed by atoms with Crippen molar-refractivity contribution in [2.75, 3.05) is 33.1 Å². The Morgan fingerprint density at radius 3 is 2.89 bits per heavy atom. The van der Waals surface area contributed by atoms with Crippen LogP contribution < -0.4 is 20.3 Å². The Labute approximate surface area is 167 Å². The number of rotatable bonds is 6. The summed E-state index contributed by atoms with van der Waals surface area (Å²) in [7, 11) is 0. The van der Waals surface area contributed by atoms with E-state index in [0.717, 1.165) is 24.8 Å². The standard InChI is InChI=1S/C19H23N3O5S/c23-4-3-22(19(28)20-9-14-2-1-5-25-14)10-13-6-12-7-16-17(27-11-26-16)8-15(12)21-18(13)24/h6-8,14,23H,1-5,9-11H2,(H,20,28)(H,21,24)/t14-/m1/s1. The fraction of sp³-hybridized carbons (Fsp3) is 0.474. The Morgan fingerprint density at radius 1 is 1.32 bits per heavy atom. The number of nitrogens with zero attached hydrogens (tertiary/aromatic N) is 1. The van der Waals surface area contributed by atoms with Gasteiger partial charge in [0.1, 0.15) is 0 Å². The summed E-state index contributed by atoms with van der Waals surface area (Å²) in [5, 5.41) is 14.0. The molecule has 1 aromatic heterocycles. The van der Waals surface area contributed by atoms with Crippen molar-refractivity contribution < 1.29 is 19.3 Å². The largest absolute Gasteiger partial charge is 0.454 e. The first-order valence-corrected chi connectivity index (χ1v) is 9.75. The molecule has 28 heavy (non-hydrogen) atoms. The summed E-state index contributed by atoms with van der Waals surface area (Å²) in [4.78, 5) is 17.2. The molecule has 0 spiro atoms. The van der Waals surface area contributed by atoms with E-state index < -0.39 is 0 Å². The van der Waals surface area contributed by atoms with Crippen LogP contribution >= 0.6 is 12.2 Å². The van der Waals surface area contributed by atoms with Gasteiger partial charge in [-0.3, -0.25) is 4.79 Å². The first-order chi connectivity index (χ1) is 13.6. The fourth-order valence-corrected chi connectivity index (χ4v) is 3.69. The van der Waals surface area contributed by atoms with Crippen molar-refractivity contribution >= 4 is 28.2 Å².